The van der Waals surface area contributed by atoms with Crippen molar-refractivity contribution in [1.82, 2.24) is 9.71 Å². The molecule has 1 aromatic carbocycles. The summed E-state index contributed by atoms with van der Waals surface area (Å²) in [6.07, 6.45) is 2.57. The topological polar surface area (TPSA) is 85.1 Å². The number of rotatable bonds is 5. The lowest BCUT2D eigenvalue weighted by atomic mass is 10.2. The van der Waals surface area contributed by atoms with Gasteiger partial charge in [0.15, 0.2) is 0 Å². The minimum Gasteiger partial charge on any atom is -0.398 e. The molecule has 1 aromatic heterocycles. The molecule has 0 aliphatic carbocycles. The van der Waals surface area contributed by atoms with Crippen molar-refractivity contribution in [2.24, 2.45) is 0 Å². The Labute approximate surface area is 127 Å². The van der Waals surface area contributed by atoms with E-state index in [1.165, 1.54) is 24.3 Å². The highest BCUT2D eigenvalue weighted by Crippen LogP contribution is 2.21. The fourth-order valence-corrected chi connectivity index (χ4v) is 3.59. The van der Waals surface area contributed by atoms with Crippen LogP contribution in [0.3, 0.4) is 0 Å². The molecule has 2 aromatic rings. The average Bonchev–Trinajstić information content (AvgIpc) is 2.90. The standard InChI is InChI=1S/C13H16FN3O2S2/c1-3-9-6-16-13(20-9)7-17-21(18,19)10-4-11(14)8(2)12(15)5-10/h4-6,17H,3,7,15H2,1-2H3. The van der Waals surface area contributed by atoms with Crippen LogP contribution in [0, 0.1) is 12.7 Å². The minimum absolute atomic E-state index is 0.0718. The Bertz CT molecular complexity index is 734. The number of nitrogens with two attached hydrogens (primary N) is 1. The van der Waals surface area contributed by atoms with Crippen molar-refractivity contribution in [2.45, 2.75) is 31.7 Å². The van der Waals surface area contributed by atoms with Gasteiger partial charge >= 0.3 is 0 Å². The lowest BCUT2D eigenvalue weighted by Gasteiger charge is -2.08. The van der Waals surface area contributed by atoms with E-state index in [9.17, 15) is 12.8 Å². The van der Waals surface area contributed by atoms with Gasteiger partial charge in [0.1, 0.15) is 10.8 Å². The Kier molecular flexibility index (Phi) is 4.60. The molecule has 0 aliphatic heterocycles. The molecule has 1 heterocycles. The van der Waals surface area contributed by atoms with Gasteiger partial charge in [-0.25, -0.2) is 22.5 Å². The van der Waals surface area contributed by atoms with Gasteiger partial charge in [-0.3, -0.25) is 0 Å². The van der Waals surface area contributed by atoms with Crippen LogP contribution in [-0.2, 0) is 23.0 Å². The maximum Gasteiger partial charge on any atom is 0.241 e. The number of aromatic nitrogens is 1. The molecule has 21 heavy (non-hydrogen) atoms. The molecule has 0 unspecified atom stereocenters. The van der Waals surface area contributed by atoms with E-state index in [0.717, 1.165) is 17.4 Å². The summed E-state index contributed by atoms with van der Waals surface area (Å²) in [6.45, 7) is 3.57. The highest BCUT2D eigenvalue weighted by molar-refractivity contribution is 7.89. The predicted octanol–water partition coefficient (Wildman–Crippen LogP) is 2.21. The smallest absolute Gasteiger partial charge is 0.241 e. The van der Waals surface area contributed by atoms with Crippen molar-refractivity contribution in [3.63, 3.8) is 0 Å². The van der Waals surface area contributed by atoms with Crippen molar-refractivity contribution >= 4 is 27.0 Å². The molecule has 3 N–H and O–H groups in total. The van der Waals surface area contributed by atoms with Crippen molar-refractivity contribution < 1.29 is 12.8 Å². The first-order chi connectivity index (χ1) is 9.83. The van der Waals surface area contributed by atoms with Crippen LogP contribution < -0.4 is 10.5 Å². The van der Waals surface area contributed by atoms with Crippen LogP contribution in [0.15, 0.2) is 23.2 Å². The third-order valence-corrected chi connectivity index (χ3v) is 5.55. The highest BCUT2D eigenvalue weighted by atomic mass is 32.2. The Morgan fingerprint density at radius 2 is 2.14 bits per heavy atom. The average molecular weight is 329 g/mol. The zero-order chi connectivity index (χ0) is 15.6. The van der Waals surface area contributed by atoms with Crippen LogP contribution in [0.4, 0.5) is 10.1 Å². The summed E-state index contributed by atoms with van der Waals surface area (Å²) in [7, 11) is -3.82. The number of benzene rings is 1. The maximum absolute atomic E-state index is 13.6. The minimum atomic E-state index is -3.82. The summed E-state index contributed by atoms with van der Waals surface area (Å²) in [5.74, 6) is -0.641. The molecule has 0 atom stereocenters. The molecule has 8 heteroatoms. The van der Waals surface area contributed by atoms with E-state index in [-0.39, 0.29) is 22.7 Å². The SMILES string of the molecule is CCc1cnc(CNS(=O)(=O)c2cc(N)c(C)c(F)c2)s1. The predicted molar refractivity (Wildman–Crippen MR) is 81.1 cm³/mol. The molecular weight excluding hydrogens is 313 g/mol. The lowest BCUT2D eigenvalue weighted by Crippen LogP contribution is -2.23. The third kappa shape index (κ3) is 3.58. The number of hydrogen-bond donors (Lipinski definition) is 2. The third-order valence-electron chi connectivity index (χ3n) is 3.03. The number of thiazole rings is 1. The van der Waals surface area contributed by atoms with Gasteiger partial charge in [-0.15, -0.1) is 11.3 Å². The van der Waals surface area contributed by atoms with Crippen LogP contribution in [0.2, 0.25) is 0 Å². The lowest BCUT2D eigenvalue weighted by molar-refractivity contribution is 0.576. The summed E-state index contributed by atoms with van der Waals surface area (Å²) in [5, 5.41) is 0.663. The number of aryl methyl sites for hydroxylation is 1. The highest BCUT2D eigenvalue weighted by Gasteiger charge is 2.18. The zero-order valence-electron chi connectivity index (χ0n) is 11.7. The van der Waals surface area contributed by atoms with E-state index in [1.807, 2.05) is 6.92 Å². The molecule has 0 fully saturated rings. The first-order valence-corrected chi connectivity index (χ1v) is 8.62. The van der Waals surface area contributed by atoms with Gasteiger partial charge in [0.25, 0.3) is 0 Å². The Hall–Kier alpha value is -1.51. The summed E-state index contributed by atoms with van der Waals surface area (Å²) in [6, 6.07) is 2.22. The Balaban J connectivity index is 2.18. The molecular formula is C13H16FN3O2S2. The first-order valence-electron chi connectivity index (χ1n) is 6.32. The molecule has 0 radical (unpaired) electrons. The van der Waals surface area contributed by atoms with Gasteiger partial charge in [-0.05, 0) is 25.5 Å². The van der Waals surface area contributed by atoms with Crippen LogP contribution in [-0.4, -0.2) is 13.4 Å². The molecule has 2 rings (SSSR count). The number of anilines is 1. The quantitative estimate of drug-likeness (QED) is 0.824. The van der Waals surface area contributed by atoms with Crippen LogP contribution in [0.5, 0.6) is 0 Å². The first kappa shape index (κ1) is 15.9. The van der Waals surface area contributed by atoms with E-state index in [2.05, 4.69) is 9.71 Å². The van der Waals surface area contributed by atoms with E-state index in [1.54, 1.807) is 6.20 Å². The molecule has 0 saturated carbocycles. The summed E-state index contributed by atoms with van der Waals surface area (Å²) in [4.78, 5) is 5.02. The fraction of sp³-hybridized carbons (Fsp3) is 0.308. The van der Waals surface area contributed by atoms with Crippen molar-refractivity contribution in [1.29, 1.82) is 0 Å². The van der Waals surface area contributed by atoms with Crippen molar-refractivity contribution in [3.05, 3.63) is 39.6 Å². The second-order valence-electron chi connectivity index (χ2n) is 4.52. The number of nitrogens with zero attached hydrogens (tertiary/aromatic N) is 1. The molecule has 5 nitrogen and oxygen atoms in total. The molecule has 0 amide bonds. The van der Waals surface area contributed by atoms with Gasteiger partial charge in [-0.2, -0.15) is 0 Å². The number of halogens is 1. The van der Waals surface area contributed by atoms with E-state index >= 15 is 0 Å². The maximum atomic E-state index is 13.6. The van der Waals surface area contributed by atoms with Gasteiger partial charge in [-0.1, -0.05) is 6.92 Å². The number of nitrogen functional groups attached to an aromatic ring is 1. The van der Waals surface area contributed by atoms with Crippen LogP contribution in [0.1, 0.15) is 22.4 Å². The monoisotopic (exact) mass is 329 g/mol. The molecule has 114 valence electrons. The zero-order valence-corrected chi connectivity index (χ0v) is 13.3. The molecule has 0 spiro atoms. The molecule has 0 saturated heterocycles. The van der Waals surface area contributed by atoms with E-state index in [4.69, 9.17) is 5.73 Å². The Morgan fingerprint density at radius 3 is 2.71 bits per heavy atom. The number of hydrogen-bond acceptors (Lipinski definition) is 5. The summed E-state index contributed by atoms with van der Waals surface area (Å²) < 4.78 is 40.3. The van der Waals surface area contributed by atoms with Gasteiger partial charge in [0, 0.05) is 22.3 Å². The van der Waals surface area contributed by atoms with Gasteiger partial charge in [0.05, 0.1) is 11.4 Å². The number of sulfonamides is 1. The van der Waals surface area contributed by atoms with Crippen LogP contribution >= 0.6 is 11.3 Å². The fourth-order valence-electron chi connectivity index (χ4n) is 1.66. The normalized spacial score (nSPS) is 11.8. The number of nitrogens with one attached hydrogen (secondary N) is 1. The second kappa shape index (κ2) is 6.08. The van der Waals surface area contributed by atoms with Gasteiger partial charge < -0.3 is 5.73 Å². The van der Waals surface area contributed by atoms with Crippen molar-refractivity contribution in [2.75, 3.05) is 5.73 Å². The van der Waals surface area contributed by atoms with Crippen molar-refractivity contribution in [3.8, 4) is 0 Å². The summed E-state index contributed by atoms with van der Waals surface area (Å²) >= 11 is 1.44. The van der Waals surface area contributed by atoms with Gasteiger partial charge in [0.2, 0.25) is 10.0 Å². The van der Waals surface area contributed by atoms with Crippen LogP contribution in [0.25, 0.3) is 0 Å². The second-order valence-corrected chi connectivity index (χ2v) is 7.48. The largest absolute Gasteiger partial charge is 0.398 e. The van der Waals surface area contributed by atoms with E-state index in [0.29, 0.717) is 5.01 Å². The molecule has 0 aliphatic rings. The summed E-state index contributed by atoms with van der Waals surface area (Å²) in [5.41, 5.74) is 5.95. The Morgan fingerprint density at radius 1 is 1.43 bits per heavy atom. The molecule has 0 bridgehead atoms. The van der Waals surface area contributed by atoms with E-state index < -0.39 is 15.8 Å².